The smallest absolute Gasteiger partial charge is 0.168 e. The Bertz CT molecular complexity index is 788. The second-order valence-corrected chi connectivity index (χ2v) is 4.95. The second kappa shape index (κ2) is 4.59. The van der Waals surface area contributed by atoms with E-state index >= 15 is 0 Å². The summed E-state index contributed by atoms with van der Waals surface area (Å²) >= 11 is 0. The van der Waals surface area contributed by atoms with Crippen molar-refractivity contribution in [3.8, 4) is 5.69 Å². The first-order valence-corrected chi connectivity index (χ1v) is 6.58. The van der Waals surface area contributed by atoms with Gasteiger partial charge in [0.1, 0.15) is 11.6 Å². The predicted molar refractivity (Wildman–Crippen MR) is 80.4 cm³/mol. The average molecular weight is 267 g/mol. The van der Waals surface area contributed by atoms with Crippen LogP contribution >= 0.6 is 0 Å². The van der Waals surface area contributed by atoms with Crippen molar-refractivity contribution in [1.82, 2.24) is 19.7 Å². The lowest BCUT2D eigenvalue weighted by Gasteiger charge is -2.08. The largest absolute Gasteiger partial charge is 0.372 e. The van der Waals surface area contributed by atoms with Crippen molar-refractivity contribution >= 4 is 16.9 Å². The topological polar surface area (TPSA) is 55.6 Å². The molecule has 0 aliphatic rings. The van der Waals surface area contributed by atoms with E-state index < -0.39 is 0 Å². The van der Waals surface area contributed by atoms with Crippen LogP contribution in [0.15, 0.2) is 24.4 Å². The summed E-state index contributed by atoms with van der Waals surface area (Å²) in [4.78, 5) is 8.92. The highest BCUT2D eigenvalue weighted by atomic mass is 15.3. The molecule has 3 rings (SSSR count). The molecule has 1 aromatic carbocycles. The number of rotatable bonds is 2. The van der Waals surface area contributed by atoms with Gasteiger partial charge in [-0.1, -0.05) is 17.7 Å². The van der Waals surface area contributed by atoms with E-state index in [1.807, 2.05) is 18.7 Å². The van der Waals surface area contributed by atoms with Gasteiger partial charge in [0.05, 0.1) is 17.3 Å². The quantitative estimate of drug-likeness (QED) is 0.775. The van der Waals surface area contributed by atoms with Gasteiger partial charge < -0.3 is 5.32 Å². The molecule has 1 N–H and O–H groups in total. The van der Waals surface area contributed by atoms with E-state index in [1.54, 1.807) is 6.20 Å². The van der Waals surface area contributed by atoms with Crippen molar-refractivity contribution in [3.05, 3.63) is 41.3 Å². The van der Waals surface area contributed by atoms with Gasteiger partial charge in [0, 0.05) is 7.05 Å². The average Bonchev–Trinajstić information content (AvgIpc) is 2.81. The lowest BCUT2D eigenvalue weighted by atomic mass is 10.1. The third kappa shape index (κ3) is 1.91. The summed E-state index contributed by atoms with van der Waals surface area (Å²) in [7, 11) is 1.86. The molecule has 0 saturated carbocycles. The zero-order valence-corrected chi connectivity index (χ0v) is 12.1. The number of fused-ring (bicyclic) bond motifs is 1. The van der Waals surface area contributed by atoms with E-state index in [9.17, 15) is 0 Å². The third-order valence-electron chi connectivity index (χ3n) is 3.36. The van der Waals surface area contributed by atoms with Crippen LogP contribution < -0.4 is 5.32 Å². The lowest BCUT2D eigenvalue weighted by molar-refractivity contribution is 0.881. The second-order valence-electron chi connectivity index (χ2n) is 4.95. The van der Waals surface area contributed by atoms with Gasteiger partial charge in [-0.15, -0.1) is 0 Å². The molecule has 0 fully saturated rings. The Morgan fingerprint density at radius 1 is 1.10 bits per heavy atom. The molecule has 0 bridgehead atoms. The van der Waals surface area contributed by atoms with Crippen LogP contribution in [0.1, 0.15) is 17.0 Å². The van der Waals surface area contributed by atoms with Gasteiger partial charge >= 0.3 is 0 Å². The first-order valence-electron chi connectivity index (χ1n) is 6.58. The molecule has 0 aliphatic heterocycles. The van der Waals surface area contributed by atoms with Gasteiger partial charge in [0.2, 0.25) is 0 Å². The summed E-state index contributed by atoms with van der Waals surface area (Å²) in [5.41, 5.74) is 4.29. The summed E-state index contributed by atoms with van der Waals surface area (Å²) in [5, 5.41) is 8.50. The van der Waals surface area contributed by atoms with Gasteiger partial charge in [-0.25, -0.2) is 14.6 Å². The van der Waals surface area contributed by atoms with E-state index in [0.29, 0.717) is 0 Å². The monoisotopic (exact) mass is 267 g/mol. The van der Waals surface area contributed by atoms with E-state index in [2.05, 4.69) is 52.4 Å². The van der Waals surface area contributed by atoms with Crippen LogP contribution in [0.5, 0.6) is 0 Å². The Morgan fingerprint density at radius 2 is 1.90 bits per heavy atom. The van der Waals surface area contributed by atoms with Crippen molar-refractivity contribution in [2.75, 3.05) is 12.4 Å². The Kier molecular flexibility index (Phi) is 2.89. The summed E-state index contributed by atoms with van der Waals surface area (Å²) in [6.45, 7) is 6.06. The molecule has 0 amide bonds. The Morgan fingerprint density at radius 3 is 2.60 bits per heavy atom. The van der Waals surface area contributed by atoms with Crippen LogP contribution in [0.2, 0.25) is 0 Å². The number of hydrogen-bond donors (Lipinski definition) is 1. The molecule has 102 valence electrons. The van der Waals surface area contributed by atoms with Crippen molar-refractivity contribution in [2.24, 2.45) is 0 Å². The molecule has 0 spiro atoms. The predicted octanol–water partition coefficient (Wildman–Crippen LogP) is 2.78. The first-order chi connectivity index (χ1) is 9.60. The van der Waals surface area contributed by atoms with Gasteiger partial charge in [-0.05, 0) is 32.4 Å². The molecule has 3 aromatic rings. The van der Waals surface area contributed by atoms with Crippen LogP contribution in [0, 0.1) is 20.8 Å². The summed E-state index contributed by atoms with van der Waals surface area (Å²) in [6.07, 6.45) is 1.81. The minimum absolute atomic E-state index is 0.730. The highest BCUT2D eigenvalue weighted by Gasteiger charge is 2.13. The zero-order chi connectivity index (χ0) is 14.3. The van der Waals surface area contributed by atoms with Gasteiger partial charge in [-0.3, -0.25) is 0 Å². The van der Waals surface area contributed by atoms with Crippen molar-refractivity contribution in [3.63, 3.8) is 0 Å². The SMILES string of the molecule is CNc1nc(C)nc2c1cnn2-c1ccc(C)cc1C. The maximum Gasteiger partial charge on any atom is 0.168 e. The van der Waals surface area contributed by atoms with E-state index in [1.165, 1.54) is 11.1 Å². The molecular weight excluding hydrogens is 250 g/mol. The molecule has 5 heteroatoms. The van der Waals surface area contributed by atoms with Gasteiger partial charge in [0.25, 0.3) is 0 Å². The summed E-state index contributed by atoms with van der Waals surface area (Å²) in [5.74, 6) is 1.54. The Hall–Kier alpha value is -2.43. The molecule has 20 heavy (non-hydrogen) atoms. The van der Waals surface area contributed by atoms with Crippen LogP contribution in [0.25, 0.3) is 16.7 Å². The minimum Gasteiger partial charge on any atom is -0.372 e. The van der Waals surface area contributed by atoms with Crippen LogP contribution in [0.4, 0.5) is 5.82 Å². The fourth-order valence-electron chi connectivity index (χ4n) is 2.43. The molecule has 0 aliphatic carbocycles. The van der Waals surface area contributed by atoms with E-state index in [0.717, 1.165) is 28.4 Å². The van der Waals surface area contributed by atoms with E-state index in [-0.39, 0.29) is 0 Å². The molecule has 0 saturated heterocycles. The van der Waals surface area contributed by atoms with E-state index in [4.69, 9.17) is 0 Å². The molecule has 0 atom stereocenters. The molecule has 2 aromatic heterocycles. The number of nitrogens with one attached hydrogen (secondary N) is 1. The maximum absolute atomic E-state index is 4.53. The molecule has 0 radical (unpaired) electrons. The Labute approximate surface area is 117 Å². The maximum atomic E-state index is 4.53. The highest BCUT2D eigenvalue weighted by molar-refractivity contribution is 5.87. The first kappa shape index (κ1) is 12.6. The molecular formula is C15H17N5. The number of hydrogen-bond acceptors (Lipinski definition) is 4. The standard InChI is InChI=1S/C15H17N5/c1-9-5-6-13(10(2)7-9)20-15-12(8-17-20)14(16-4)18-11(3)19-15/h5-8H,1-4H3,(H,16,18,19). The van der Waals surface area contributed by atoms with Gasteiger partial charge in [-0.2, -0.15) is 5.10 Å². The van der Waals surface area contributed by atoms with Crippen molar-refractivity contribution in [2.45, 2.75) is 20.8 Å². The third-order valence-corrected chi connectivity index (χ3v) is 3.36. The Balaban J connectivity index is 2.29. The number of nitrogens with zero attached hydrogens (tertiary/aromatic N) is 4. The number of aryl methyl sites for hydroxylation is 3. The van der Waals surface area contributed by atoms with Crippen LogP contribution in [-0.4, -0.2) is 26.8 Å². The molecule has 5 nitrogen and oxygen atoms in total. The van der Waals surface area contributed by atoms with Gasteiger partial charge in [0.15, 0.2) is 5.65 Å². The number of benzene rings is 1. The molecule has 2 heterocycles. The number of anilines is 1. The van der Waals surface area contributed by atoms with Crippen molar-refractivity contribution < 1.29 is 0 Å². The van der Waals surface area contributed by atoms with Crippen LogP contribution in [-0.2, 0) is 0 Å². The fraction of sp³-hybridized carbons (Fsp3) is 0.267. The minimum atomic E-state index is 0.730. The zero-order valence-electron chi connectivity index (χ0n) is 12.1. The summed E-state index contributed by atoms with van der Waals surface area (Å²) < 4.78 is 1.87. The number of aromatic nitrogens is 4. The lowest BCUT2D eigenvalue weighted by Crippen LogP contribution is -2.03. The van der Waals surface area contributed by atoms with Crippen molar-refractivity contribution in [1.29, 1.82) is 0 Å². The van der Waals surface area contributed by atoms with Crippen LogP contribution in [0.3, 0.4) is 0 Å². The highest BCUT2D eigenvalue weighted by Crippen LogP contribution is 2.24. The fourth-order valence-corrected chi connectivity index (χ4v) is 2.43. The molecule has 0 unspecified atom stereocenters. The normalized spacial score (nSPS) is 11.0. The summed E-state index contributed by atoms with van der Waals surface area (Å²) in [6, 6.07) is 6.31.